The second kappa shape index (κ2) is 7.33. The summed E-state index contributed by atoms with van der Waals surface area (Å²) in [5.41, 5.74) is -0.101. The molecule has 25 heavy (non-hydrogen) atoms. The highest BCUT2D eigenvalue weighted by Gasteiger charge is 2.19. The Morgan fingerprint density at radius 3 is 2.68 bits per heavy atom. The normalized spacial score (nSPS) is 12.4. The van der Waals surface area contributed by atoms with E-state index < -0.39 is 11.7 Å². The monoisotopic (exact) mass is 345 g/mol. The molecule has 0 fully saturated rings. The van der Waals surface area contributed by atoms with Crippen molar-refractivity contribution < 1.29 is 9.53 Å². The molecule has 0 saturated heterocycles. The third-order valence-corrected chi connectivity index (χ3v) is 3.11. The number of alkyl carbamates (subject to hydrolysis) is 1. The minimum Gasteiger partial charge on any atom is -0.444 e. The van der Waals surface area contributed by atoms with Gasteiger partial charge in [-0.15, -0.1) is 0 Å². The van der Waals surface area contributed by atoms with Gasteiger partial charge in [0.2, 0.25) is 0 Å². The summed E-state index contributed by atoms with van der Waals surface area (Å²) >= 11 is 0. The summed E-state index contributed by atoms with van der Waals surface area (Å²) in [4.78, 5) is 27.8. The second-order valence-corrected chi connectivity index (χ2v) is 6.14. The predicted molar refractivity (Wildman–Crippen MR) is 98.7 cm³/mol. The maximum Gasteiger partial charge on any atom is 0.408 e. The quantitative estimate of drug-likeness (QED) is 0.775. The highest BCUT2D eigenvalue weighted by atomic mass is 16.6. The Labute approximate surface area is 145 Å². The smallest absolute Gasteiger partial charge is 0.408 e. The fourth-order valence-corrected chi connectivity index (χ4v) is 2.25. The van der Waals surface area contributed by atoms with Crippen LogP contribution in [0.5, 0.6) is 0 Å². The highest BCUT2D eigenvalue weighted by Crippen LogP contribution is 2.31. The van der Waals surface area contributed by atoms with Crippen LogP contribution in [-0.4, -0.2) is 34.3 Å². The van der Waals surface area contributed by atoms with Crippen molar-refractivity contribution in [2.75, 3.05) is 11.9 Å². The summed E-state index contributed by atoms with van der Waals surface area (Å²) in [6.45, 7) is 9.53. The molecule has 8 nitrogen and oxygen atoms in total. The van der Waals surface area contributed by atoms with Crippen LogP contribution in [0.1, 0.15) is 34.6 Å². The summed E-state index contributed by atoms with van der Waals surface area (Å²) in [5.74, 6) is 0.922. The fourth-order valence-electron chi connectivity index (χ4n) is 2.25. The number of benzene rings is 1. The van der Waals surface area contributed by atoms with Crippen LogP contribution in [0.4, 0.5) is 16.3 Å². The number of H-pyrrole nitrogens is 1. The number of ether oxygens (including phenoxy) is 1. The van der Waals surface area contributed by atoms with Crippen LogP contribution in [0.2, 0.25) is 0 Å². The molecule has 3 N–H and O–H groups in total. The van der Waals surface area contributed by atoms with Crippen molar-refractivity contribution in [3.63, 3.8) is 0 Å². The zero-order chi connectivity index (χ0) is 18.6. The van der Waals surface area contributed by atoms with Gasteiger partial charge in [0.15, 0.2) is 5.82 Å². The van der Waals surface area contributed by atoms with Gasteiger partial charge in [-0.05, 0) is 32.9 Å². The lowest BCUT2D eigenvalue weighted by molar-refractivity contribution is 0.0536. The van der Waals surface area contributed by atoms with Gasteiger partial charge in [-0.1, -0.05) is 19.9 Å². The van der Waals surface area contributed by atoms with Gasteiger partial charge in [0.25, 0.3) is 5.56 Å². The van der Waals surface area contributed by atoms with Crippen LogP contribution < -0.4 is 16.2 Å². The van der Waals surface area contributed by atoms with Gasteiger partial charge in [0.05, 0.1) is 23.0 Å². The van der Waals surface area contributed by atoms with Gasteiger partial charge < -0.3 is 15.4 Å². The molecule has 0 saturated carbocycles. The van der Waals surface area contributed by atoms with E-state index in [9.17, 15) is 9.59 Å². The lowest BCUT2D eigenvalue weighted by Crippen LogP contribution is -2.37. The number of hydrogen-bond acceptors (Lipinski definition) is 6. The first-order valence-electron chi connectivity index (χ1n) is 8.16. The Kier molecular flexibility index (Phi) is 5.41. The van der Waals surface area contributed by atoms with Gasteiger partial charge in [-0.25, -0.2) is 14.9 Å². The highest BCUT2D eigenvalue weighted by molar-refractivity contribution is 6.13. The Bertz CT molecular complexity index is 865. The van der Waals surface area contributed by atoms with Gasteiger partial charge in [0, 0.05) is 0 Å². The summed E-state index contributed by atoms with van der Waals surface area (Å²) < 4.78 is 5.18. The minimum absolute atomic E-state index is 0.158. The van der Waals surface area contributed by atoms with Crippen LogP contribution in [-0.2, 0) is 4.74 Å². The number of amides is 1. The van der Waals surface area contributed by atoms with Crippen molar-refractivity contribution in [3.05, 3.63) is 28.6 Å². The van der Waals surface area contributed by atoms with Gasteiger partial charge in [0.1, 0.15) is 11.4 Å². The van der Waals surface area contributed by atoms with Gasteiger partial charge in [-0.2, -0.15) is 5.10 Å². The molecule has 0 atom stereocenters. The van der Waals surface area contributed by atoms with E-state index in [1.165, 1.54) is 0 Å². The molecule has 2 aromatic rings. The van der Waals surface area contributed by atoms with Crippen LogP contribution in [0, 0.1) is 0 Å². The number of nitrogens with zero attached hydrogens (tertiary/aromatic N) is 2. The first-order valence-corrected chi connectivity index (χ1v) is 8.16. The van der Waals surface area contributed by atoms with E-state index in [4.69, 9.17) is 4.74 Å². The maximum absolute atomic E-state index is 11.8. The molecule has 0 unspecified atom stereocenters. The molecule has 0 radical (unpaired) electrons. The number of aromatic amines is 1. The Morgan fingerprint density at radius 1 is 1.28 bits per heavy atom. The molecule has 1 amide bonds. The number of aromatic nitrogens is 2. The molecule has 134 valence electrons. The van der Waals surface area contributed by atoms with E-state index in [2.05, 4.69) is 25.8 Å². The predicted octanol–water partition coefficient (Wildman–Crippen LogP) is 2.93. The fraction of sp³-hybridized carbons (Fsp3) is 0.412. The SMILES string of the molecule is CC.CC(C)(C)OC(=O)NCC1=Nc2n[nH]c(=O)c3cccc(c23)N1. The molecule has 1 aliphatic heterocycles. The van der Waals surface area contributed by atoms with Gasteiger partial charge >= 0.3 is 6.09 Å². The lowest BCUT2D eigenvalue weighted by Gasteiger charge is -2.21. The van der Waals surface area contributed by atoms with E-state index in [1.807, 2.05) is 19.9 Å². The molecular formula is C17H23N5O3. The summed E-state index contributed by atoms with van der Waals surface area (Å²) in [7, 11) is 0. The van der Waals surface area contributed by atoms with Crippen LogP contribution in [0.3, 0.4) is 0 Å². The lowest BCUT2D eigenvalue weighted by atomic mass is 10.1. The molecule has 2 heterocycles. The van der Waals surface area contributed by atoms with E-state index in [1.54, 1.807) is 32.9 Å². The van der Waals surface area contributed by atoms with Crippen LogP contribution in [0.15, 0.2) is 28.0 Å². The Hall–Kier alpha value is -2.90. The number of nitrogens with one attached hydrogen (secondary N) is 3. The molecule has 3 rings (SSSR count). The summed E-state index contributed by atoms with van der Waals surface area (Å²) in [6.07, 6.45) is -0.527. The Balaban J connectivity index is 0.00000109. The summed E-state index contributed by atoms with van der Waals surface area (Å²) in [6, 6.07) is 5.31. The van der Waals surface area contributed by atoms with E-state index in [0.717, 1.165) is 5.69 Å². The van der Waals surface area contributed by atoms with E-state index in [0.29, 0.717) is 22.4 Å². The number of rotatable bonds is 2. The maximum atomic E-state index is 11.8. The number of amidine groups is 1. The Morgan fingerprint density at radius 2 is 2.00 bits per heavy atom. The third kappa shape index (κ3) is 4.34. The van der Waals surface area contributed by atoms with Crippen molar-refractivity contribution in [1.82, 2.24) is 15.5 Å². The average Bonchev–Trinajstić information content (AvgIpc) is 2.56. The zero-order valence-electron chi connectivity index (χ0n) is 15.1. The van der Waals surface area contributed by atoms with Crippen molar-refractivity contribution in [1.29, 1.82) is 0 Å². The number of hydrogen-bond donors (Lipinski definition) is 3. The van der Waals surface area contributed by atoms with E-state index in [-0.39, 0.29) is 12.1 Å². The molecule has 1 aliphatic rings. The number of aliphatic imine (C=N–C) groups is 1. The topological polar surface area (TPSA) is 108 Å². The second-order valence-electron chi connectivity index (χ2n) is 6.14. The molecule has 0 spiro atoms. The number of anilines is 1. The van der Waals surface area contributed by atoms with Crippen LogP contribution >= 0.6 is 0 Å². The minimum atomic E-state index is -0.564. The van der Waals surface area contributed by atoms with Crippen molar-refractivity contribution in [3.8, 4) is 0 Å². The molecular weight excluding hydrogens is 322 g/mol. The zero-order valence-corrected chi connectivity index (χ0v) is 15.1. The standard InChI is InChI=1S/C15H17N5O3.C2H6/c1-15(2,3)23-14(22)16-7-10-17-9-6-4-5-8-11(9)12(18-10)19-20-13(8)21;1-2/h4-6H,7H2,1-3H3,(H,16,22)(H,20,21)(H,17,18,19);1-2H3. The first-order chi connectivity index (χ1) is 11.8. The van der Waals surface area contributed by atoms with Crippen molar-refractivity contribution in [2.24, 2.45) is 4.99 Å². The molecule has 0 bridgehead atoms. The van der Waals surface area contributed by atoms with Gasteiger partial charge in [-0.3, -0.25) is 4.79 Å². The molecule has 0 aliphatic carbocycles. The number of carbonyl (C=O) groups is 1. The number of carbonyl (C=O) groups excluding carboxylic acids is 1. The third-order valence-electron chi connectivity index (χ3n) is 3.11. The summed E-state index contributed by atoms with van der Waals surface area (Å²) in [5, 5.41) is 13.3. The molecule has 1 aromatic carbocycles. The molecule has 1 aromatic heterocycles. The largest absolute Gasteiger partial charge is 0.444 e. The molecule has 8 heteroatoms. The average molecular weight is 345 g/mol. The van der Waals surface area contributed by atoms with Crippen molar-refractivity contribution in [2.45, 2.75) is 40.2 Å². The van der Waals surface area contributed by atoms with Crippen LogP contribution in [0.25, 0.3) is 10.8 Å². The first kappa shape index (κ1) is 18.4. The van der Waals surface area contributed by atoms with E-state index >= 15 is 0 Å². The van der Waals surface area contributed by atoms with Crippen molar-refractivity contribution >= 4 is 34.2 Å².